The number of aromatic nitrogens is 2. The van der Waals surface area contributed by atoms with Crippen molar-refractivity contribution in [1.29, 1.82) is 0 Å². The highest BCUT2D eigenvalue weighted by atomic mass is 79.9. The number of aliphatic hydroxyl groups excluding tert-OH is 1. The Labute approximate surface area is 129 Å². The standard InChI is InChI=1S/C14H16Br2N2O/c1-3-7-18-13(11(15)8-17-18)14(19)10-6-4-5-9(2)12(10)16/h4-6,8,14,19H,3,7H2,1-2H3. The first kappa shape index (κ1) is 14.8. The van der Waals surface area contributed by atoms with Gasteiger partial charge < -0.3 is 5.11 Å². The van der Waals surface area contributed by atoms with Crippen molar-refractivity contribution < 1.29 is 5.11 Å². The van der Waals surface area contributed by atoms with Crippen LogP contribution in [0.4, 0.5) is 0 Å². The molecule has 0 radical (unpaired) electrons. The third kappa shape index (κ3) is 2.93. The Bertz CT molecular complexity index is 581. The summed E-state index contributed by atoms with van der Waals surface area (Å²) >= 11 is 7.02. The van der Waals surface area contributed by atoms with Gasteiger partial charge in [-0.15, -0.1) is 0 Å². The molecule has 5 heteroatoms. The summed E-state index contributed by atoms with van der Waals surface area (Å²) in [4.78, 5) is 0. The number of aryl methyl sites for hydroxylation is 2. The lowest BCUT2D eigenvalue weighted by Gasteiger charge is -2.16. The van der Waals surface area contributed by atoms with E-state index in [0.717, 1.165) is 38.7 Å². The third-order valence-corrected chi connectivity index (χ3v) is 4.74. The van der Waals surface area contributed by atoms with Gasteiger partial charge in [-0.3, -0.25) is 4.68 Å². The van der Waals surface area contributed by atoms with Gasteiger partial charge in [-0.05, 0) is 34.8 Å². The van der Waals surface area contributed by atoms with Gasteiger partial charge in [-0.2, -0.15) is 5.10 Å². The maximum atomic E-state index is 10.7. The SMILES string of the molecule is CCCn1ncc(Br)c1C(O)c1cccc(C)c1Br. The summed E-state index contributed by atoms with van der Waals surface area (Å²) in [7, 11) is 0. The largest absolute Gasteiger partial charge is 0.382 e. The van der Waals surface area contributed by atoms with Crippen LogP contribution in [-0.4, -0.2) is 14.9 Å². The second-order valence-corrected chi connectivity index (χ2v) is 6.13. The molecule has 0 aliphatic heterocycles. The van der Waals surface area contributed by atoms with Crippen molar-refractivity contribution in [3.8, 4) is 0 Å². The second kappa shape index (κ2) is 6.20. The number of hydrogen-bond donors (Lipinski definition) is 1. The van der Waals surface area contributed by atoms with Crippen molar-refractivity contribution in [2.75, 3.05) is 0 Å². The topological polar surface area (TPSA) is 38.0 Å². The van der Waals surface area contributed by atoms with E-state index in [-0.39, 0.29) is 0 Å². The van der Waals surface area contributed by atoms with Crippen molar-refractivity contribution in [1.82, 2.24) is 9.78 Å². The van der Waals surface area contributed by atoms with Crippen LogP contribution in [0.3, 0.4) is 0 Å². The lowest BCUT2D eigenvalue weighted by atomic mass is 10.0. The molecule has 0 saturated heterocycles. The van der Waals surface area contributed by atoms with Crippen LogP contribution in [0.2, 0.25) is 0 Å². The van der Waals surface area contributed by atoms with Crippen LogP contribution >= 0.6 is 31.9 Å². The Morgan fingerprint density at radius 3 is 2.79 bits per heavy atom. The molecule has 1 aromatic carbocycles. The molecule has 1 unspecified atom stereocenters. The van der Waals surface area contributed by atoms with Gasteiger partial charge in [0, 0.05) is 16.6 Å². The Hall–Kier alpha value is -0.650. The zero-order valence-corrected chi connectivity index (χ0v) is 14.1. The number of hydrogen-bond acceptors (Lipinski definition) is 2. The maximum Gasteiger partial charge on any atom is 0.123 e. The van der Waals surface area contributed by atoms with E-state index in [9.17, 15) is 5.11 Å². The van der Waals surface area contributed by atoms with Gasteiger partial charge in [0.15, 0.2) is 0 Å². The smallest absolute Gasteiger partial charge is 0.123 e. The third-order valence-electron chi connectivity index (χ3n) is 3.04. The van der Waals surface area contributed by atoms with Crippen LogP contribution in [0.5, 0.6) is 0 Å². The number of aliphatic hydroxyl groups is 1. The van der Waals surface area contributed by atoms with Crippen LogP contribution in [0.15, 0.2) is 33.3 Å². The van der Waals surface area contributed by atoms with Gasteiger partial charge in [-0.25, -0.2) is 0 Å². The highest BCUT2D eigenvalue weighted by Gasteiger charge is 2.21. The molecule has 0 aliphatic rings. The number of halogens is 2. The average Bonchev–Trinajstić information content (AvgIpc) is 2.74. The fraction of sp³-hybridized carbons (Fsp3) is 0.357. The van der Waals surface area contributed by atoms with Crippen molar-refractivity contribution in [3.05, 3.63) is 50.2 Å². The van der Waals surface area contributed by atoms with Gasteiger partial charge in [0.05, 0.1) is 16.4 Å². The fourth-order valence-electron chi connectivity index (χ4n) is 2.06. The number of rotatable bonds is 4. The molecule has 0 bridgehead atoms. The highest BCUT2D eigenvalue weighted by molar-refractivity contribution is 9.10. The predicted molar refractivity (Wildman–Crippen MR) is 83.2 cm³/mol. The quantitative estimate of drug-likeness (QED) is 0.853. The fourth-order valence-corrected chi connectivity index (χ4v) is 3.06. The molecule has 0 spiro atoms. The van der Waals surface area contributed by atoms with Gasteiger partial charge >= 0.3 is 0 Å². The van der Waals surface area contributed by atoms with Crippen LogP contribution in [0.1, 0.15) is 36.3 Å². The average molecular weight is 388 g/mol. The summed E-state index contributed by atoms with van der Waals surface area (Å²) in [6.45, 7) is 4.90. The molecule has 2 rings (SSSR count). The lowest BCUT2D eigenvalue weighted by molar-refractivity contribution is 0.205. The molecule has 2 aromatic rings. The lowest BCUT2D eigenvalue weighted by Crippen LogP contribution is -2.11. The first-order valence-electron chi connectivity index (χ1n) is 6.20. The molecule has 0 aliphatic carbocycles. The molecule has 19 heavy (non-hydrogen) atoms. The first-order chi connectivity index (χ1) is 9.06. The highest BCUT2D eigenvalue weighted by Crippen LogP contribution is 2.34. The summed E-state index contributed by atoms with van der Waals surface area (Å²) in [6, 6.07) is 5.89. The molecule has 1 atom stereocenters. The first-order valence-corrected chi connectivity index (χ1v) is 7.79. The summed E-state index contributed by atoms with van der Waals surface area (Å²) < 4.78 is 3.63. The van der Waals surface area contributed by atoms with E-state index in [0.29, 0.717) is 0 Å². The monoisotopic (exact) mass is 386 g/mol. The minimum Gasteiger partial charge on any atom is -0.382 e. The van der Waals surface area contributed by atoms with Crippen molar-refractivity contribution in [2.24, 2.45) is 0 Å². The van der Waals surface area contributed by atoms with E-state index in [2.05, 4.69) is 43.9 Å². The van der Waals surface area contributed by atoms with Crippen molar-refractivity contribution in [2.45, 2.75) is 32.9 Å². The number of nitrogens with zero attached hydrogens (tertiary/aromatic N) is 2. The van der Waals surface area contributed by atoms with Crippen LogP contribution < -0.4 is 0 Å². The molecular weight excluding hydrogens is 372 g/mol. The van der Waals surface area contributed by atoms with Gasteiger partial charge in [0.2, 0.25) is 0 Å². The zero-order chi connectivity index (χ0) is 14.0. The predicted octanol–water partition coefficient (Wildman–Crippen LogP) is 4.21. The van der Waals surface area contributed by atoms with Crippen molar-refractivity contribution in [3.63, 3.8) is 0 Å². The number of benzene rings is 1. The van der Waals surface area contributed by atoms with Gasteiger partial charge in [0.1, 0.15) is 6.10 Å². The summed E-state index contributed by atoms with van der Waals surface area (Å²) in [5, 5.41) is 15.0. The second-order valence-electron chi connectivity index (χ2n) is 4.48. The van der Waals surface area contributed by atoms with E-state index >= 15 is 0 Å². The van der Waals surface area contributed by atoms with E-state index in [1.54, 1.807) is 6.20 Å². The minimum atomic E-state index is -0.697. The molecule has 0 fully saturated rings. The van der Waals surface area contributed by atoms with Crippen LogP contribution in [-0.2, 0) is 6.54 Å². The Kier molecular flexibility index (Phi) is 4.81. The molecule has 102 valence electrons. The molecular formula is C14H16Br2N2O. The van der Waals surface area contributed by atoms with Gasteiger partial charge in [0.25, 0.3) is 0 Å². The molecule has 0 amide bonds. The molecule has 1 aromatic heterocycles. The van der Waals surface area contributed by atoms with E-state index in [1.165, 1.54) is 0 Å². The minimum absolute atomic E-state index is 0.697. The summed E-state index contributed by atoms with van der Waals surface area (Å²) in [6.07, 6.45) is 2.01. The van der Waals surface area contributed by atoms with Gasteiger partial charge in [-0.1, -0.05) is 41.1 Å². The van der Waals surface area contributed by atoms with E-state index < -0.39 is 6.10 Å². The Morgan fingerprint density at radius 1 is 1.37 bits per heavy atom. The molecule has 3 nitrogen and oxygen atoms in total. The molecule has 0 saturated carbocycles. The van der Waals surface area contributed by atoms with Crippen LogP contribution in [0, 0.1) is 6.92 Å². The summed E-state index contributed by atoms with van der Waals surface area (Å²) in [5.74, 6) is 0. The normalized spacial score (nSPS) is 12.7. The van der Waals surface area contributed by atoms with E-state index in [4.69, 9.17) is 0 Å². The zero-order valence-electron chi connectivity index (χ0n) is 10.9. The van der Waals surface area contributed by atoms with Crippen molar-refractivity contribution >= 4 is 31.9 Å². The van der Waals surface area contributed by atoms with E-state index in [1.807, 2.05) is 29.8 Å². The summed E-state index contributed by atoms with van der Waals surface area (Å²) in [5.41, 5.74) is 2.76. The Morgan fingerprint density at radius 2 is 2.11 bits per heavy atom. The molecule has 1 heterocycles. The van der Waals surface area contributed by atoms with Crippen LogP contribution in [0.25, 0.3) is 0 Å². The Balaban J connectivity index is 2.46. The maximum absolute atomic E-state index is 10.7. The molecule has 1 N–H and O–H groups in total.